The van der Waals surface area contributed by atoms with Crippen molar-refractivity contribution in [2.45, 2.75) is 42.5 Å². The van der Waals surface area contributed by atoms with Crippen molar-refractivity contribution >= 4 is 20.0 Å². The van der Waals surface area contributed by atoms with Crippen molar-refractivity contribution in [3.05, 3.63) is 54.7 Å². The molecule has 0 spiro atoms. The molecule has 1 aliphatic rings. The summed E-state index contributed by atoms with van der Waals surface area (Å²) in [6, 6.07) is 7.90. The Morgan fingerprint density at radius 2 is 1.55 bits per heavy atom. The molecule has 0 unspecified atom stereocenters. The monoisotopic (exact) mass is 491 g/mol. The maximum Gasteiger partial charge on any atom is 0.245 e. The van der Waals surface area contributed by atoms with Gasteiger partial charge in [0.1, 0.15) is 6.04 Å². The van der Waals surface area contributed by atoms with E-state index in [2.05, 4.69) is 19.8 Å². The summed E-state index contributed by atoms with van der Waals surface area (Å²) in [6.45, 7) is 4.61. The smallest absolute Gasteiger partial charge is 0.245 e. The number of hydrogen-bond acceptors (Lipinski definition) is 8. The molecule has 1 atom stereocenters. The van der Waals surface area contributed by atoms with Crippen molar-refractivity contribution in [3.8, 4) is 11.4 Å². The summed E-state index contributed by atoms with van der Waals surface area (Å²) in [6.07, 6.45) is 4.85. The highest BCUT2D eigenvalue weighted by Crippen LogP contribution is 2.27. The van der Waals surface area contributed by atoms with Crippen LogP contribution >= 0.6 is 0 Å². The molecule has 1 aromatic carbocycles. The molecule has 3 heterocycles. The second kappa shape index (κ2) is 9.29. The highest BCUT2D eigenvalue weighted by molar-refractivity contribution is 7.89. The van der Waals surface area contributed by atoms with Gasteiger partial charge in [-0.05, 0) is 55.2 Å². The lowest BCUT2D eigenvalue weighted by atomic mass is 10.1. The number of nitrogens with one attached hydrogen (secondary N) is 1. The van der Waals surface area contributed by atoms with Crippen LogP contribution in [0.5, 0.6) is 0 Å². The third kappa shape index (κ3) is 4.98. The maximum atomic E-state index is 13.0. The second-order valence-electron chi connectivity index (χ2n) is 8.12. The van der Waals surface area contributed by atoms with Gasteiger partial charge in [-0.3, -0.25) is 4.98 Å². The molecule has 1 fully saturated rings. The van der Waals surface area contributed by atoms with Gasteiger partial charge in [0.25, 0.3) is 0 Å². The average Bonchev–Trinajstić information content (AvgIpc) is 3.51. The Bertz CT molecular complexity index is 1300. The van der Waals surface area contributed by atoms with Crippen molar-refractivity contribution < 1.29 is 21.4 Å². The standard InChI is InChI=1S/C21H25N5O5S2/c1-15(2)19(21-23-20(24-31-21)16-9-11-22-12-10-16)25-32(27,28)17-5-7-18(8-6-17)33(29,30)26-13-3-4-14-26/h5-12,15,19,25H,3-4,13-14H2,1-2H3/t19-/m1/s1. The van der Waals surface area contributed by atoms with Gasteiger partial charge in [0, 0.05) is 31.0 Å². The van der Waals surface area contributed by atoms with Crippen molar-refractivity contribution in [2.75, 3.05) is 13.1 Å². The van der Waals surface area contributed by atoms with E-state index in [1.807, 2.05) is 13.8 Å². The molecule has 10 nitrogen and oxygen atoms in total. The normalized spacial score (nSPS) is 16.3. The highest BCUT2D eigenvalue weighted by Gasteiger charge is 2.30. The van der Waals surface area contributed by atoms with Crippen molar-refractivity contribution in [2.24, 2.45) is 5.92 Å². The van der Waals surface area contributed by atoms with Crippen LogP contribution < -0.4 is 4.72 Å². The topological polar surface area (TPSA) is 135 Å². The van der Waals surface area contributed by atoms with Crippen LogP contribution in [0.1, 0.15) is 38.6 Å². The predicted molar refractivity (Wildman–Crippen MR) is 120 cm³/mol. The number of hydrogen-bond donors (Lipinski definition) is 1. The quantitative estimate of drug-likeness (QED) is 0.508. The minimum absolute atomic E-state index is 0.0533. The number of pyridine rings is 1. The molecule has 0 amide bonds. The minimum Gasteiger partial charge on any atom is -0.337 e. The zero-order chi connectivity index (χ0) is 23.6. The van der Waals surface area contributed by atoms with Crippen LogP contribution in [0.4, 0.5) is 0 Å². The summed E-state index contributed by atoms with van der Waals surface area (Å²) >= 11 is 0. The summed E-state index contributed by atoms with van der Waals surface area (Å²) in [4.78, 5) is 8.32. The molecule has 0 radical (unpaired) electrons. The minimum atomic E-state index is -3.99. The lowest BCUT2D eigenvalue weighted by Crippen LogP contribution is -2.32. The first-order chi connectivity index (χ1) is 15.7. The van der Waals surface area contributed by atoms with Gasteiger partial charge in [-0.2, -0.15) is 14.0 Å². The van der Waals surface area contributed by atoms with Crippen molar-refractivity contribution in [1.29, 1.82) is 0 Å². The van der Waals surface area contributed by atoms with Gasteiger partial charge in [-0.25, -0.2) is 16.8 Å². The molecule has 1 saturated heterocycles. The van der Waals surface area contributed by atoms with Crippen LogP contribution in [0.2, 0.25) is 0 Å². The lowest BCUT2D eigenvalue weighted by molar-refractivity contribution is 0.311. The predicted octanol–water partition coefficient (Wildman–Crippen LogP) is 2.59. The summed E-state index contributed by atoms with van der Waals surface area (Å²) < 4.78 is 60.9. The zero-order valence-corrected chi connectivity index (χ0v) is 19.9. The lowest BCUT2D eigenvalue weighted by Gasteiger charge is -2.19. The number of nitrogens with zero attached hydrogens (tertiary/aromatic N) is 4. The van der Waals surface area contributed by atoms with Gasteiger partial charge >= 0.3 is 0 Å². The van der Waals surface area contributed by atoms with Crippen LogP contribution in [-0.2, 0) is 20.0 Å². The fourth-order valence-electron chi connectivity index (χ4n) is 3.55. The largest absolute Gasteiger partial charge is 0.337 e. The fraction of sp³-hybridized carbons (Fsp3) is 0.381. The van der Waals surface area contributed by atoms with Gasteiger partial charge in [0.2, 0.25) is 31.8 Å². The van der Waals surface area contributed by atoms with Gasteiger partial charge in [-0.1, -0.05) is 19.0 Å². The highest BCUT2D eigenvalue weighted by atomic mass is 32.2. The van der Waals surface area contributed by atoms with E-state index in [0.29, 0.717) is 24.5 Å². The first-order valence-corrected chi connectivity index (χ1v) is 13.5. The molecule has 4 rings (SSSR count). The van der Waals surface area contributed by atoms with Crippen molar-refractivity contribution in [1.82, 2.24) is 24.2 Å². The second-order valence-corrected chi connectivity index (χ2v) is 11.8. The van der Waals surface area contributed by atoms with E-state index in [9.17, 15) is 16.8 Å². The van der Waals surface area contributed by atoms with E-state index in [4.69, 9.17) is 4.52 Å². The van der Waals surface area contributed by atoms with E-state index >= 15 is 0 Å². The Labute approximate surface area is 193 Å². The van der Waals surface area contributed by atoms with Crippen LogP contribution in [0.15, 0.2) is 63.1 Å². The van der Waals surface area contributed by atoms with Gasteiger partial charge in [-0.15, -0.1) is 0 Å². The first-order valence-electron chi connectivity index (χ1n) is 10.5. The summed E-state index contributed by atoms with van der Waals surface area (Å²) in [5.41, 5.74) is 0.695. The Morgan fingerprint density at radius 3 is 2.15 bits per heavy atom. The van der Waals surface area contributed by atoms with Gasteiger partial charge in [0.15, 0.2) is 0 Å². The third-order valence-corrected chi connectivity index (χ3v) is 8.80. The van der Waals surface area contributed by atoms with E-state index in [0.717, 1.165) is 12.8 Å². The summed E-state index contributed by atoms with van der Waals surface area (Å²) in [7, 11) is -7.61. The Balaban J connectivity index is 1.56. The molecular formula is C21H25N5O5S2. The SMILES string of the molecule is CC(C)[C@@H](NS(=O)(=O)c1ccc(S(=O)(=O)N2CCCC2)cc1)c1nc(-c2ccncc2)no1. The van der Waals surface area contributed by atoms with Crippen LogP contribution in [0, 0.1) is 5.92 Å². The van der Waals surface area contributed by atoms with Crippen LogP contribution in [0.3, 0.4) is 0 Å². The van der Waals surface area contributed by atoms with Crippen LogP contribution in [0.25, 0.3) is 11.4 Å². The molecular weight excluding hydrogens is 466 g/mol. The molecule has 1 N–H and O–H groups in total. The Morgan fingerprint density at radius 1 is 0.939 bits per heavy atom. The molecule has 0 bridgehead atoms. The maximum absolute atomic E-state index is 13.0. The molecule has 1 aliphatic heterocycles. The van der Waals surface area contributed by atoms with Crippen molar-refractivity contribution in [3.63, 3.8) is 0 Å². The molecule has 12 heteroatoms. The third-order valence-electron chi connectivity index (χ3n) is 5.43. The molecule has 0 saturated carbocycles. The number of benzene rings is 1. The van der Waals surface area contributed by atoms with E-state index < -0.39 is 26.1 Å². The average molecular weight is 492 g/mol. The summed E-state index contributed by atoms with van der Waals surface area (Å²) in [5.74, 6) is 0.266. The van der Waals surface area contributed by atoms with Crippen LogP contribution in [-0.4, -0.2) is 49.4 Å². The summed E-state index contributed by atoms with van der Waals surface area (Å²) in [5, 5.41) is 3.95. The number of rotatable bonds is 8. The van der Waals surface area contributed by atoms with Gasteiger partial charge < -0.3 is 4.52 Å². The van der Waals surface area contributed by atoms with E-state index in [1.54, 1.807) is 24.5 Å². The zero-order valence-electron chi connectivity index (χ0n) is 18.2. The number of aromatic nitrogens is 3. The Kier molecular flexibility index (Phi) is 6.61. The molecule has 176 valence electrons. The van der Waals surface area contributed by atoms with E-state index in [1.165, 1.54) is 28.6 Å². The molecule has 3 aromatic rings. The fourth-order valence-corrected chi connectivity index (χ4v) is 6.41. The Hall–Kier alpha value is -2.67. The first kappa shape index (κ1) is 23.5. The van der Waals surface area contributed by atoms with Gasteiger partial charge in [0.05, 0.1) is 9.79 Å². The molecule has 2 aromatic heterocycles. The van der Waals surface area contributed by atoms with E-state index in [-0.39, 0.29) is 21.6 Å². The number of sulfonamides is 2. The molecule has 33 heavy (non-hydrogen) atoms. The molecule has 0 aliphatic carbocycles.